The van der Waals surface area contributed by atoms with Crippen LogP contribution in [0.5, 0.6) is 0 Å². The number of hydrogen-bond acceptors (Lipinski definition) is 7. The van der Waals surface area contributed by atoms with Crippen molar-refractivity contribution >= 4 is 56.1 Å². The van der Waals surface area contributed by atoms with Crippen molar-refractivity contribution in [3.63, 3.8) is 0 Å². The summed E-state index contributed by atoms with van der Waals surface area (Å²) in [5.74, 6) is 4.27. The number of pyridine rings is 1. The molecular weight excluding hydrogens is 543 g/mol. The quantitative estimate of drug-likeness (QED) is 0.102. The van der Waals surface area contributed by atoms with Gasteiger partial charge < -0.3 is 15.4 Å². The van der Waals surface area contributed by atoms with E-state index in [1.165, 1.54) is 4.88 Å². The second-order valence-electron chi connectivity index (χ2n) is 8.43. The van der Waals surface area contributed by atoms with Crippen LogP contribution < -0.4 is 10.6 Å². The first kappa shape index (κ1) is 27.5. The van der Waals surface area contributed by atoms with Gasteiger partial charge in [-0.1, -0.05) is 41.7 Å². The van der Waals surface area contributed by atoms with Crippen LogP contribution in [0.3, 0.4) is 0 Å². The summed E-state index contributed by atoms with van der Waals surface area (Å²) in [5.41, 5.74) is 2.38. The van der Waals surface area contributed by atoms with Gasteiger partial charge >= 0.3 is 12.1 Å². The number of anilines is 1. The molecule has 3 heterocycles. The van der Waals surface area contributed by atoms with Crippen molar-refractivity contribution in [3.8, 4) is 11.8 Å². The maximum absolute atomic E-state index is 12.3. The van der Waals surface area contributed by atoms with Crippen molar-refractivity contribution in [2.24, 2.45) is 0 Å². The first-order chi connectivity index (χ1) is 17.8. The molecule has 0 amide bonds. The zero-order chi connectivity index (χ0) is 26.4. The fourth-order valence-electron chi connectivity index (χ4n) is 4.14. The molecule has 0 aliphatic heterocycles. The van der Waals surface area contributed by atoms with Crippen LogP contribution in [0, 0.1) is 11.8 Å². The van der Waals surface area contributed by atoms with Gasteiger partial charge in [-0.05, 0) is 37.8 Å². The Labute approximate surface area is 226 Å². The van der Waals surface area contributed by atoms with Gasteiger partial charge in [0.25, 0.3) is 0 Å². The lowest BCUT2D eigenvalue weighted by atomic mass is 9.86. The Morgan fingerprint density at radius 3 is 2.86 bits per heavy atom. The molecule has 1 aliphatic carbocycles. The van der Waals surface area contributed by atoms with E-state index < -0.39 is 12.1 Å². The topological polar surface area (TPSA) is 63.3 Å². The molecule has 4 rings (SSSR count). The Bertz CT molecular complexity index is 1330. The van der Waals surface area contributed by atoms with Crippen LogP contribution in [0.25, 0.3) is 10.2 Å². The highest BCUT2D eigenvalue weighted by molar-refractivity contribution is 7.20. The normalized spacial score (nSPS) is 17.4. The minimum Gasteiger partial charge on any atom is -0.459 e. The zero-order valence-corrected chi connectivity index (χ0v) is 22.3. The van der Waals surface area contributed by atoms with Crippen LogP contribution in [0.15, 0.2) is 35.7 Å². The number of carbonyl (C=O) groups excluding carboxylic acids is 1. The van der Waals surface area contributed by atoms with E-state index in [9.17, 15) is 18.0 Å². The molecule has 3 aromatic rings. The van der Waals surface area contributed by atoms with E-state index in [-0.39, 0.29) is 31.4 Å². The van der Waals surface area contributed by atoms with Crippen molar-refractivity contribution in [2.75, 3.05) is 19.0 Å². The molecule has 0 bridgehead atoms. The molecule has 1 aliphatic rings. The Balaban J connectivity index is 1.63. The van der Waals surface area contributed by atoms with Gasteiger partial charge in [0.2, 0.25) is 0 Å². The SMILES string of the molecule is CN[C@H]1CC=CC[C@@H]1c1sc2c(NCc3cccs3)cc(Cl)nc2c1C#CCCCOC(=O)C(F)(F)F. The van der Waals surface area contributed by atoms with Gasteiger partial charge in [-0.3, -0.25) is 0 Å². The van der Waals surface area contributed by atoms with Crippen molar-refractivity contribution in [3.05, 3.63) is 56.2 Å². The summed E-state index contributed by atoms with van der Waals surface area (Å²) in [6.07, 6.45) is 1.56. The number of esters is 1. The molecule has 5 nitrogen and oxygen atoms in total. The number of rotatable bonds is 8. The highest BCUT2D eigenvalue weighted by atomic mass is 35.5. The summed E-state index contributed by atoms with van der Waals surface area (Å²) in [7, 11) is 1.95. The largest absolute Gasteiger partial charge is 0.490 e. The van der Waals surface area contributed by atoms with E-state index in [4.69, 9.17) is 11.6 Å². The van der Waals surface area contributed by atoms with Gasteiger partial charge in [0, 0.05) is 40.7 Å². The number of fused-ring (bicyclic) bond motifs is 1. The predicted molar refractivity (Wildman–Crippen MR) is 143 cm³/mol. The third-order valence-corrected chi connectivity index (χ3v) is 8.35. The number of hydrogen-bond donors (Lipinski definition) is 2. The number of nitrogens with zero attached hydrogens (tertiary/aromatic N) is 1. The molecule has 2 N–H and O–H groups in total. The molecule has 0 aromatic carbocycles. The second-order valence-corrected chi connectivity index (χ2v) is 10.9. The summed E-state index contributed by atoms with van der Waals surface area (Å²) in [6, 6.07) is 6.12. The van der Waals surface area contributed by atoms with Gasteiger partial charge in [0.05, 0.1) is 22.6 Å². The minimum absolute atomic E-state index is 0.190. The standard InChI is InChI=1S/C26H25ClF3N3O2S2/c1-31-19-11-5-4-9-17(19)23-18(10-3-2-6-12-35-25(34)26(28,29)30)22-24(37-23)20(14-21(27)33-22)32-15-16-8-7-13-36-16/h4-5,7-8,13-14,17,19,31H,2,6,9,11-12,15H2,1H3,(H,32,33)/t17-,19-/m0/s1. The number of likely N-dealkylation sites (N-methyl/N-ethyl adjacent to an activating group) is 1. The maximum Gasteiger partial charge on any atom is 0.490 e. The number of thiophene rings is 2. The van der Waals surface area contributed by atoms with Gasteiger partial charge in [0.1, 0.15) is 10.7 Å². The molecule has 2 atom stereocenters. The molecule has 37 heavy (non-hydrogen) atoms. The fourth-order valence-corrected chi connectivity index (χ4v) is 6.35. The first-order valence-electron chi connectivity index (χ1n) is 11.7. The number of alkyl halides is 3. The van der Waals surface area contributed by atoms with E-state index >= 15 is 0 Å². The highest BCUT2D eigenvalue weighted by Crippen LogP contribution is 2.43. The summed E-state index contributed by atoms with van der Waals surface area (Å²) in [6.45, 7) is 0.309. The monoisotopic (exact) mass is 567 g/mol. The molecule has 3 aromatic heterocycles. The molecule has 0 fully saturated rings. The average Bonchev–Trinajstić information content (AvgIpc) is 3.52. The van der Waals surface area contributed by atoms with Crippen LogP contribution in [-0.4, -0.2) is 36.8 Å². The lowest BCUT2D eigenvalue weighted by Gasteiger charge is -2.27. The third-order valence-electron chi connectivity index (χ3n) is 5.93. The van der Waals surface area contributed by atoms with Crippen molar-refractivity contribution in [2.45, 2.75) is 50.4 Å². The number of ether oxygens (including phenoxy) is 1. The van der Waals surface area contributed by atoms with Gasteiger partial charge in [0.15, 0.2) is 0 Å². The van der Waals surface area contributed by atoms with Crippen molar-refractivity contribution in [1.82, 2.24) is 10.3 Å². The van der Waals surface area contributed by atoms with Gasteiger partial charge in [-0.15, -0.1) is 22.7 Å². The van der Waals surface area contributed by atoms with Crippen molar-refractivity contribution in [1.29, 1.82) is 0 Å². The molecule has 0 unspecified atom stereocenters. The molecule has 0 saturated heterocycles. The van der Waals surface area contributed by atoms with Crippen LogP contribution >= 0.6 is 34.3 Å². The number of halogens is 4. The average molecular weight is 568 g/mol. The fraction of sp³-hybridized carbons (Fsp3) is 0.385. The molecule has 0 spiro atoms. The summed E-state index contributed by atoms with van der Waals surface area (Å²) in [5, 5.41) is 9.27. The minimum atomic E-state index is -4.99. The van der Waals surface area contributed by atoms with Gasteiger partial charge in [-0.25, -0.2) is 9.78 Å². The molecule has 0 saturated carbocycles. The number of nitrogens with one attached hydrogen (secondary N) is 2. The Hall–Kier alpha value is -2.58. The van der Waals surface area contributed by atoms with E-state index in [2.05, 4.69) is 50.4 Å². The molecule has 196 valence electrons. The Morgan fingerprint density at radius 2 is 2.14 bits per heavy atom. The summed E-state index contributed by atoms with van der Waals surface area (Å²) < 4.78 is 42.2. The smallest absolute Gasteiger partial charge is 0.459 e. The van der Waals surface area contributed by atoms with Gasteiger partial charge in [-0.2, -0.15) is 13.2 Å². The van der Waals surface area contributed by atoms with Crippen LogP contribution in [0.1, 0.15) is 46.9 Å². The first-order valence-corrected chi connectivity index (χ1v) is 13.8. The number of carbonyl (C=O) groups is 1. The number of unbranched alkanes of at least 4 members (excludes halogenated alkanes) is 1. The lowest BCUT2D eigenvalue weighted by molar-refractivity contribution is -0.199. The Morgan fingerprint density at radius 1 is 1.32 bits per heavy atom. The van der Waals surface area contributed by atoms with Crippen LogP contribution in [0.4, 0.5) is 18.9 Å². The Kier molecular flexibility index (Phi) is 9.13. The molecular formula is C26H25ClF3N3O2S2. The highest BCUT2D eigenvalue weighted by Gasteiger charge is 2.40. The third kappa shape index (κ3) is 6.85. The van der Waals surface area contributed by atoms with Crippen LogP contribution in [0.2, 0.25) is 5.15 Å². The van der Waals surface area contributed by atoms with E-state index in [1.54, 1.807) is 22.7 Å². The predicted octanol–water partition coefficient (Wildman–Crippen LogP) is 6.88. The van der Waals surface area contributed by atoms with Crippen LogP contribution in [-0.2, 0) is 16.1 Å². The second kappa shape index (κ2) is 12.3. The molecule has 0 radical (unpaired) electrons. The van der Waals surface area contributed by atoms with E-state index in [0.717, 1.165) is 33.7 Å². The number of aromatic nitrogens is 1. The maximum atomic E-state index is 12.3. The number of allylic oxidation sites excluding steroid dienone is 1. The van der Waals surface area contributed by atoms with E-state index in [1.807, 2.05) is 24.6 Å². The van der Waals surface area contributed by atoms with Crippen molar-refractivity contribution < 1.29 is 22.7 Å². The molecule has 11 heteroatoms. The summed E-state index contributed by atoms with van der Waals surface area (Å²) in [4.78, 5) is 17.8. The zero-order valence-electron chi connectivity index (χ0n) is 20.0. The summed E-state index contributed by atoms with van der Waals surface area (Å²) >= 11 is 9.73. The van der Waals surface area contributed by atoms with E-state index in [0.29, 0.717) is 17.2 Å². The lowest BCUT2D eigenvalue weighted by Crippen LogP contribution is -2.33.